The Labute approximate surface area is 108 Å². The van der Waals surface area contributed by atoms with Crippen LogP contribution >= 0.6 is 11.3 Å². The van der Waals surface area contributed by atoms with Gasteiger partial charge in [0.1, 0.15) is 0 Å². The van der Waals surface area contributed by atoms with Crippen LogP contribution in [0.3, 0.4) is 0 Å². The van der Waals surface area contributed by atoms with Crippen molar-refractivity contribution >= 4 is 17.3 Å². The number of rotatable bonds is 6. The van der Waals surface area contributed by atoms with E-state index in [0.717, 1.165) is 24.7 Å². The molecule has 0 bridgehead atoms. The van der Waals surface area contributed by atoms with Crippen LogP contribution in [0.1, 0.15) is 36.8 Å². The van der Waals surface area contributed by atoms with Gasteiger partial charge >= 0.3 is 0 Å². The normalized spacial score (nSPS) is 11.6. The van der Waals surface area contributed by atoms with Gasteiger partial charge in [0, 0.05) is 18.5 Å². The van der Waals surface area contributed by atoms with Crippen LogP contribution in [0.2, 0.25) is 0 Å². The number of hydrogen-bond acceptors (Lipinski definition) is 3. The number of aliphatic imine (C=N–C) groups is 1. The summed E-state index contributed by atoms with van der Waals surface area (Å²) in [4.78, 5) is 9.68. The maximum absolute atomic E-state index is 4.23. The van der Waals surface area contributed by atoms with Crippen molar-refractivity contribution in [2.45, 2.75) is 39.7 Å². The molecule has 0 spiro atoms. The fourth-order valence-electron chi connectivity index (χ4n) is 1.46. The third-order valence-electron chi connectivity index (χ3n) is 2.56. The van der Waals surface area contributed by atoms with Crippen molar-refractivity contribution in [3.8, 4) is 0 Å². The van der Waals surface area contributed by atoms with E-state index >= 15 is 0 Å². The van der Waals surface area contributed by atoms with Crippen molar-refractivity contribution in [3.05, 3.63) is 16.1 Å². The topological polar surface area (TPSA) is 49.3 Å². The lowest BCUT2D eigenvalue weighted by Crippen LogP contribution is -2.37. The molecule has 4 nitrogen and oxygen atoms in total. The Bertz CT molecular complexity index is 346. The summed E-state index contributed by atoms with van der Waals surface area (Å²) in [6, 6.07) is 0. The van der Waals surface area contributed by atoms with E-state index in [9.17, 15) is 0 Å². The number of unbranched alkanes of at least 4 members (excludes halogenated alkanes) is 2. The predicted octanol–water partition coefficient (Wildman–Crippen LogP) is 2.31. The minimum Gasteiger partial charge on any atom is -0.356 e. The van der Waals surface area contributed by atoms with E-state index in [0.29, 0.717) is 0 Å². The maximum atomic E-state index is 4.23. The van der Waals surface area contributed by atoms with Gasteiger partial charge in [0.2, 0.25) is 0 Å². The lowest BCUT2D eigenvalue weighted by Gasteiger charge is -2.11. The summed E-state index contributed by atoms with van der Waals surface area (Å²) in [6.07, 6.45) is 3.70. The Morgan fingerprint density at radius 1 is 1.41 bits per heavy atom. The molecule has 17 heavy (non-hydrogen) atoms. The summed E-state index contributed by atoms with van der Waals surface area (Å²) in [5.74, 6) is 0.869. The van der Waals surface area contributed by atoms with Gasteiger partial charge in [-0.25, -0.2) is 4.98 Å². The molecule has 0 fully saturated rings. The summed E-state index contributed by atoms with van der Waals surface area (Å²) in [5, 5.41) is 6.61. The van der Waals surface area contributed by atoms with Crippen molar-refractivity contribution in [2.75, 3.05) is 13.6 Å². The first-order chi connectivity index (χ1) is 8.27. The molecule has 1 heterocycles. The molecule has 1 aromatic heterocycles. The molecule has 0 amide bonds. The maximum Gasteiger partial charge on any atom is 0.191 e. The summed E-state index contributed by atoms with van der Waals surface area (Å²) in [5.41, 5.74) is 2.98. The largest absolute Gasteiger partial charge is 0.356 e. The SMILES string of the molecule is CCCCCNC(=NC)NCc1scnc1C. The Balaban J connectivity index is 2.26. The number of nitrogens with zero attached hydrogens (tertiary/aromatic N) is 2. The highest BCUT2D eigenvalue weighted by Crippen LogP contribution is 2.10. The average molecular weight is 254 g/mol. The number of thiazole rings is 1. The van der Waals surface area contributed by atoms with Crippen LogP contribution in [0.25, 0.3) is 0 Å². The van der Waals surface area contributed by atoms with Crippen LogP contribution in [-0.2, 0) is 6.54 Å². The second kappa shape index (κ2) is 8.06. The van der Waals surface area contributed by atoms with Crippen molar-refractivity contribution < 1.29 is 0 Å². The number of guanidine groups is 1. The van der Waals surface area contributed by atoms with Crippen LogP contribution in [-0.4, -0.2) is 24.5 Å². The smallest absolute Gasteiger partial charge is 0.191 e. The lowest BCUT2D eigenvalue weighted by molar-refractivity contribution is 0.683. The molecular weight excluding hydrogens is 232 g/mol. The Morgan fingerprint density at radius 2 is 2.24 bits per heavy atom. The molecule has 1 aromatic rings. The molecule has 0 atom stereocenters. The van der Waals surface area contributed by atoms with E-state index in [1.165, 1.54) is 24.1 Å². The third-order valence-corrected chi connectivity index (χ3v) is 3.49. The zero-order chi connectivity index (χ0) is 12.5. The molecule has 0 unspecified atom stereocenters. The van der Waals surface area contributed by atoms with Crippen LogP contribution in [0, 0.1) is 6.92 Å². The van der Waals surface area contributed by atoms with Gasteiger partial charge in [-0.1, -0.05) is 19.8 Å². The minimum absolute atomic E-state index is 0.796. The summed E-state index contributed by atoms with van der Waals surface area (Å²) in [6.45, 7) is 6.02. The fourth-order valence-corrected chi connectivity index (χ4v) is 2.18. The van der Waals surface area contributed by atoms with Crippen LogP contribution in [0.15, 0.2) is 10.5 Å². The zero-order valence-corrected chi connectivity index (χ0v) is 11.7. The molecule has 2 N–H and O–H groups in total. The second-order valence-electron chi connectivity index (χ2n) is 3.92. The van der Waals surface area contributed by atoms with Gasteiger partial charge in [0.15, 0.2) is 5.96 Å². The van der Waals surface area contributed by atoms with Gasteiger partial charge in [-0.3, -0.25) is 4.99 Å². The first kappa shape index (κ1) is 14.0. The van der Waals surface area contributed by atoms with Gasteiger partial charge in [0.05, 0.1) is 17.7 Å². The molecule has 0 aliphatic rings. The molecule has 0 radical (unpaired) electrons. The van der Waals surface area contributed by atoms with E-state index in [1.807, 2.05) is 12.4 Å². The molecule has 0 saturated heterocycles. The first-order valence-corrected chi connectivity index (χ1v) is 6.99. The molecule has 0 saturated carbocycles. The minimum atomic E-state index is 0.796. The van der Waals surface area contributed by atoms with Crippen LogP contribution in [0.5, 0.6) is 0 Å². The third kappa shape index (κ3) is 5.17. The Morgan fingerprint density at radius 3 is 2.82 bits per heavy atom. The predicted molar refractivity (Wildman–Crippen MR) is 74.6 cm³/mol. The fraction of sp³-hybridized carbons (Fsp3) is 0.667. The standard InChI is InChI=1S/C12H22N4S/c1-4-5-6-7-14-12(13-3)15-8-11-10(2)16-9-17-11/h9H,4-8H2,1-3H3,(H2,13,14,15). The zero-order valence-electron chi connectivity index (χ0n) is 10.9. The van der Waals surface area contributed by atoms with E-state index < -0.39 is 0 Å². The highest BCUT2D eigenvalue weighted by atomic mass is 32.1. The van der Waals surface area contributed by atoms with Gasteiger partial charge < -0.3 is 10.6 Å². The van der Waals surface area contributed by atoms with Gasteiger partial charge in [-0.2, -0.15) is 0 Å². The second-order valence-corrected chi connectivity index (χ2v) is 4.86. The first-order valence-electron chi connectivity index (χ1n) is 6.11. The van der Waals surface area contributed by atoms with Gasteiger partial charge in [-0.05, 0) is 13.3 Å². The van der Waals surface area contributed by atoms with Crippen LogP contribution < -0.4 is 10.6 Å². The van der Waals surface area contributed by atoms with Crippen molar-refractivity contribution in [1.82, 2.24) is 15.6 Å². The van der Waals surface area contributed by atoms with E-state index in [1.54, 1.807) is 18.4 Å². The number of aromatic nitrogens is 1. The Hall–Kier alpha value is -1.10. The number of nitrogens with one attached hydrogen (secondary N) is 2. The molecule has 0 aromatic carbocycles. The molecule has 0 aliphatic heterocycles. The van der Waals surface area contributed by atoms with E-state index in [2.05, 4.69) is 27.5 Å². The molecule has 96 valence electrons. The highest BCUT2D eigenvalue weighted by Gasteiger charge is 2.02. The highest BCUT2D eigenvalue weighted by molar-refractivity contribution is 7.09. The molecular formula is C12H22N4S. The molecule has 0 aliphatic carbocycles. The van der Waals surface area contributed by atoms with Crippen molar-refractivity contribution in [3.63, 3.8) is 0 Å². The quantitative estimate of drug-likeness (QED) is 0.465. The summed E-state index contributed by atoms with van der Waals surface area (Å²) in [7, 11) is 1.80. The summed E-state index contributed by atoms with van der Waals surface area (Å²) >= 11 is 1.68. The number of aryl methyl sites for hydroxylation is 1. The average Bonchev–Trinajstić information content (AvgIpc) is 2.74. The lowest BCUT2D eigenvalue weighted by atomic mass is 10.2. The van der Waals surface area contributed by atoms with E-state index in [4.69, 9.17) is 0 Å². The molecule has 5 heteroatoms. The Kier molecular flexibility index (Phi) is 6.62. The van der Waals surface area contributed by atoms with Crippen LogP contribution in [0.4, 0.5) is 0 Å². The van der Waals surface area contributed by atoms with Gasteiger partial charge in [0.25, 0.3) is 0 Å². The molecule has 1 rings (SSSR count). The van der Waals surface area contributed by atoms with Crippen molar-refractivity contribution in [2.24, 2.45) is 4.99 Å². The van der Waals surface area contributed by atoms with Crippen molar-refractivity contribution in [1.29, 1.82) is 0 Å². The van der Waals surface area contributed by atoms with Gasteiger partial charge in [-0.15, -0.1) is 11.3 Å². The van der Waals surface area contributed by atoms with E-state index in [-0.39, 0.29) is 0 Å². The summed E-state index contributed by atoms with van der Waals surface area (Å²) < 4.78 is 0. The monoisotopic (exact) mass is 254 g/mol. The number of hydrogen-bond donors (Lipinski definition) is 2.